The zero-order valence-corrected chi connectivity index (χ0v) is 9.88. The summed E-state index contributed by atoms with van der Waals surface area (Å²) in [5.74, 6) is 0. The molecule has 0 saturated heterocycles. The number of nitrogens with one attached hydrogen (secondary N) is 1. The van der Waals surface area contributed by atoms with Crippen LogP contribution in [0.15, 0.2) is 24.3 Å². The van der Waals surface area contributed by atoms with E-state index in [9.17, 15) is 18.0 Å². The van der Waals surface area contributed by atoms with Crippen LogP contribution in [0.25, 0.3) is 0 Å². The number of benzene rings is 1. The lowest BCUT2D eigenvalue weighted by Gasteiger charge is -2.11. The summed E-state index contributed by atoms with van der Waals surface area (Å²) in [7, 11) is 0. The molecule has 0 aromatic heterocycles. The molecule has 0 unspecified atom stereocenters. The number of para-hydroxylation sites is 1. The largest absolute Gasteiger partial charge is 0.440 e. The highest BCUT2D eigenvalue weighted by Crippen LogP contribution is 2.18. The topological polar surface area (TPSA) is 38.3 Å². The molecule has 1 aromatic carbocycles. The summed E-state index contributed by atoms with van der Waals surface area (Å²) in [5.41, 5.74) is 1.34. The van der Waals surface area contributed by atoms with Crippen LogP contribution in [0, 0.1) is 0 Å². The van der Waals surface area contributed by atoms with Crippen molar-refractivity contribution in [3.8, 4) is 0 Å². The lowest BCUT2D eigenvalue weighted by molar-refractivity contribution is -0.159. The predicted octanol–water partition coefficient (Wildman–Crippen LogP) is 3.75. The summed E-state index contributed by atoms with van der Waals surface area (Å²) >= 11 is 0. The van der Waals surface area contributed by atoms with E-state index in [2.05, 4.69) is 10.1 Å². The summed E-state index contributed by atoms with van der Waals surface area (Å²) in [4.78, 5) is 11.2. The Bertz CT molecular complexity index is 405. The van der Waals surface area contributed by atoms with Gasteiger partial charge in [0.15, 0.2) is 6.61 Å². The van der Waals surface area contributed by atoms with E-state index in [-0.39, 0.29) is 0 Å². The van der Waals surface area contributed by atoms with Crippen LogP contribution in [0.1, 0.15) is 18.9 Å². The number of halogens is 3. The highest BCUT2D eigenvalue weighted by Gasteiger charge is 2.29. The molecule has 1 N–H and O–H groups in total. The van der Waals surface area contributed by atoms with E-state index in [0.717, 1.165) is 18.4 Å². The van der Waals surface area contributed by atoms with Crippen LogP contribution in [-0.2, 0) is 11.2 Å². The van der Waals surface area contributed by atoms with Gasteiger partial charge in [-0.1, -0.05) is 31.5 Å². The van der Waals surface area contributed by atoms with Crippen molar-refractivity contribution in [2.45, 2.75) is 25.9 Å². The fourth-order valence-corrected chi connectivity index (χ4v) is 1.42. The maximum Gasteiger partial charge on any atom is 0.422 e. The minimum Gasteiger partial charge on any atom is -0.440 e. The number of amides is 1. The van der Waals surface area contributed by atoms with Crippen molar-refractivity contribution in [3.63, 3.8) is 0 Å². The first kappa shape index (κ1) is 14.3. The molecule has 18 heavy (non-hydrogen) atoms. The average molecular weight is 261 g/mol. The van der Waals surface area contributed by atoms with E-state index in [1.165, 1.54) is 0 Å². The fourth-order valence-electron chi connectivity index (χ4n) is 1.42. The zero-order valence-electron chi connectivity index (χ0n) is 9.88. The summed E-state index contributed by atoms with van der Waals surface area (Å²) in [6, 6.07) is 6.93. The summed E-state index contributed by atoms with van der Waals surface area (Å²) in [5, 5.41) is 2.31. The Morgan fingerprint density at radius 1 is 1.33 bits per heavy atom. The van der Waals surface area contributed by atoms with Gasteiger partial charge in [-0.2, -0.15) is 13.2 Å². The zero-order chi connectivity index (χ0) is 13.6. The van der Waals surface area contributed by atoms with Crippen LogP contribution in [0.5, 0.6) is 0 Å². The SMILES string of the molecule is CCCc1ccccc1NC(=O)OCC(F)(F)F. The molecule has 0 aliphatic heterocycles. The molecule has 3 nitrogen and oxygen atoms in total. The van der Waals surface area contributed by atoms with Crippen LogP contribution < -0.4 is 5.32 Å². The minimum atomic E-state index is -4.51. The Balaban J connectivity index is 2.59. The molecule has 0 aliphatic rings. The van der Waals surface area contributed by atoms with Gasteiger partial charge >= 0.3 is 12.3 Å². The van der Waals surface area contributed by atoms with E-state index in [4.69, 9.17) is 0 Å². The van der Waals surface area contributed by atoms with Crippen molar-refractivity contribution in [1.82, 2.24) is 0 Å². The van der Waals surface area contributed by atoms with Gasteiger partial charge in [0.1, 0.15) is 0 Å². The molecule has 1 aromatic rings. The maximum absolute atomic E-state index is 11.8. The van der Waals surface area contributed by atoms with E-state index >= 15 is 0 Å². The molecule has 1 rings (SSSR count). The standard InChI is InChI=1S/C12H14F3NO2/c1-2-5-9-6-3-4-7-10(9)16-11(17)18-8-12(13,14)15/h3-4,6-7H,2,5,8H2,1H3,(H,16,17). The molecule has 0 fully saturated rings. The van der Waals surface area contributed by atoms with Crippen molar-refractivity contribution in [1.29, 1.82) is 0 Å². The van der Waals surface area contributed by atoms with Crippen molar-refractivity contribution < 1.29 is 22.7 Å². The summed E-state index contributed by atoms with van der Waals surface area (Å²) in [6.07, 6.45) is -4.01. The van der Waals surface area contributed by atoms with Crippen LogP contribution in [-0.4, -0.2) is 18.9 Å². The lowest BCUT2D eigenvalue weighted by atomic mass is 10.1. The molecule has 100 valence electrons. The average Bonchev–Trinajstić information content (AvgIpc) is 2.29. The fraction of sp³-hybridized carbons (Fsp3) is 0.417. The number of carbonyl (C=O) groups excluding carboxylic acids is 1. The van der Waals surface area contributed by atoms with Gasteiger partial charge in [0.05, 0.1) is 0 Å². The molecule has 0 atom stereocenters. The molecule has 0 radical (unpaired) electrons. The van der Waals surface area contributed by atoms with E-state index in [1.54, 1.807) is 18.2 Å². The molecule has 0 saturated carbocycles. The molecular weight excluding hydrogens is 247 g/mol. The summed E-state index contributed by atoms with van der Waals surface area (Å²) < 4.78 is 39.6. The normalized spacial score (nSPS) is 11.1. The van der Waals surface area contributed by atoms with E-state index < -0.39 is 18.9 Å². The van der Waals surface area contributed by atoms with Crippen molar-refractivity contribution in [2.24, 2.45) is 0 Å². The second-order valence-corrected chi connectivity index (χ2v) is 3.72. The number of ether oxygens (including phenoxy) is 1. The first-order valence-corrected chi connectivity index (χ1v) is 5.51. The quantitative estimate of drug-likeness (QED) is 0.896. The second kappa shape index (κ2) is 6.28. The third-order valence-electron chi connectivity index (χ3n) is 2.14. The molecule has 0 heterocycles. The Morgan fingerprint density at radius 3 is 2.61 bits per heavy atom. The van der Waals surface area contributed by atoms with E-state index in [0.29, 0.717) is 5.69 Å². The summed E-state index contributed by atoms with van der Waals surface area (Å²) in [6.45, 7) is 0.382. The van der Waals surface area contributed by atoms with Gasteiger partial charge in [-0.25, -0.2) is 4.79 Å². The smallest absolute Gasteiger partial charge is 0.422 e. The first-order valence-electron chi connectivity index (χ1n) is 5.51. The van der Waals surface area contributed by atoms with Crippen LogP contribution in [0.4, 0.5) is 23.7 Å². The van der Waals surface area contributed by atoms with Crippen LogP contribution in [0.2, 0.25) is 0 Å². The third kappa shape index (κ3) is 5.07. The second-order valence-electron chi connectivity index (χ2n) is 3.72. The van der Waals surface area contributed by atoms with Crippen LogP contribution >= 0.6 is 0 Å². The molecule has 6 heteroatoms. The Hall–Kier alpha value is -1.72. The third-order valence-corrected chi connectivity index (χ3v) is 2.14. The molecule has 0 aliphatic carbocycles. The maximum atomic E-state index is 11.8. The number of aryl methyl sites for hydroxylation is 1. The van der Waals surface area contributed by atoms with Crippen molar-refractivity contribution in [2.75, 3.05) is 11.9 Å². The van der Waals surface area contributed by atoms with Gasteiger partial charge in [-0.15, -0.1) is 0 Å². The van der Waals surface area contributed by atoms with E-state index in [1.807, 2.05) is 13.0 Å². The Labute approximate surface area is 103 Å². The van der Waals surface area contributed by atoms with Gasteiger partial charge in [-0.05, 0) is 18.1 Å². The lowest BCUT2D eigenvalue weighted by Crippen LogP contribution is -2.23. The van der Waals surface area contributed by atoms with Crippen molar-refractivity contribution in [3.05, 3.63) is 29.8 Å². The van der Waals surface area contributed by atoms with Gasteiger partial charge in [0.25, 0.3) is 0 Å². The molecular formula is C12H14F3NO2. The first-order chi connectivity index (χ1) is 8.42. The molecule has 0 bridgehead atoms. The van der Waals surface area contributed by atoms with Gasteiger partial charge in [0, 0.05) is 5.69 Å². The number of rotatable bonds is 4. The number of carbonyl (C=O) groups is 1. The van der Waals surface area contributed by atoms with Gasteiger partial charge in [0.2, 0.25) is 0 Å². The Kier molecular flexibility index (Phi) is 5.00. The van der Waals surface area contributed by atoms with Crippen molar-refractivity contribution >= 4 is 11.8 Å². The number of anilines is 1. The number of alkyl halides is 3. The number of hydrogen-bond acceptors (Lipinski definition) is 2. The Morgan fingerprint density at radius 2 is 2.00 bits per heavy atom. The van der Waals surface area contributed by atoms with Crippen LogP contribution in [0.3, 0.4) is 0 Å². The predicted molar refractivity (Wildman–Crippen MR) is 61.5 cm³/mol. The highest BCUT2D eigenvalue weighted by molar-refractivity contribution is 5.85. The van der Waals surface area contributed by atoms with Gasteiger partial charge in [-0.3, -0.25) is 5.32 Å². The highest BCUT2D eigenvalue weighted by atomic mass is 19.4. The monoisotopic (exact) mass is 261 g/mol. The molecule has 0 spiro atoms. The number of hydrogen-bond donors (Lipinski definition) is 1. The van der Waals surface area contributed by atoms with Gasteiger partial charge < -0.3 is 4.74 Å². The minimum absolute atomic E-state index is 0.478. The molecule has 1 amide bonds.